The quantitative estimate of drug-likeness (QED) is 0.302. The van der Waals surface area contributed by atoms with Crippen LogP contribution in [0.5, 0.6) is 0 Å². The molecule has 5 rings (SSSR count). The Kier molecular flexibility index (Phi) is 8.66. The van der Waals surface area contributed by atoms with E-state index in [1.54, 1.807) is 11.9 Å². The molecular formula is C34H42N4O4. The molecule has 1 aromatic heterocycles. The molecule has 4 N–H and O–H groups in total. The van der Waals surface area contributed by atoms with Gasteiger partial charge in [0.15, 0.2) is 0 Å². The van der Waals surface area contributed by atoms with E-state index in [-0.39, 0.29) is 24.0 Å². The number of nitrogens with two attached hydrogens (primary N) is 1. The van der Waals surface area contributed by atoms with E-state index in [1.165, 1.54) is 0 Å². The lowest BCUT2D eigenvalue weighted by molar-refractivity contribution is -0.117. The van der Waals surface area contributed by atoms with Crippen LogP contribution in [0, 0.1) is 5.92 Å². The monoisotopic (exact) mass is 570 g/mol. The normalized spacial score (nSPS) is 25.3. The number of hydrogen-bond acceptors (Lipinski definition) is 6. The Morgan fingerprint density at radius 1 is 1.02 bits per heavy atom. The van der Waals surface area contributed by atoms with Crippen LogP contribution in [0.2, 0.25) is 0 Å². The maximum atomic E-state index is 13.0. The Hall–Kier alpha value is -3.75. The third-order valence-electron chi connectivity index (χ3n) is 8.81. The van der Waals surface area contributed by atoms with Gasteiger partial charge in [0, 0.05) is 36.8 Å². The largest absolute Gasteiger partial charge is 0.450 e. The van der Waals surface area contributed by atoms with Crippen molar-refractivity contribution in [1.82, 2.24) is 9.88 Å². The lowest BCUT2D eigenvalue weighted by Gasteiger charge is -2.49. The van der Waals surface area contributed by atoms with Crippen molar-refractivity contribution in [3.8, 4) is 22.3 Å². The molecule has 0 radical (unpaired) electrons. The third kappa shape index (κ3) is 6.66. The van der Waals surface area contributed by atoms with Crippen molar-refractivity contribution in [2.75, 3.05) is 19.0 Å². The Balaban J connectivity index is 1.27. The zero-order valence-electron chi connectivity index (χ0n) is 24.8. The second-order valence-corrected chi connectivity index (χ2v) is 12.3. The van der Waals surface area contributed by atoms with Gasteiger partial charge in [-0.3, -0.25) is 4.79 Å². The molecule has 0 saturated heterocycles. The lowest BCUT2D eigenvalue weighted by Crippen LogP contribution is -2.58. The van der Waals surface area contributed by atoms with Crippen LogP contribution in [-0.4, -0.2) is 52.3 Å². The first-order valence-electron chi connectivity index (χ1n) is 14.9. The van der Waals surface area contributed by atoms with E-state index >= 15 is 0 Å². The van der Waals surface area contributed by atoms with E-state index in [2.05, 4.69) is 22.4 Å². The Morgan fingerprint density at radius 3 is 2.29 bits per heavy atom. The van der Waals surface area contributed by atoms with Crippen LogP contribution in [0.1, 0.15) is 64.4 Å². The van der Waals surface area contributed by atoms with Crippen molar-refractivity contribution in [3.63, 3.8) is 0 Å². The molecule has 2 saturated carbocycles. The van der Waals surface area contributed by atoms with Crippen molar-refractivity contribution in [2.24, 2.45) is 11.7 Å². The van der Waals surface area contributed by atoms with Crippen molar-refractivity contribution < 1.29 is 19.4 Å². The highest BCUT2D eigenvalue weighted by Gasteiger charge is 2.49. The number of anilines is 1. The molecule has 2 aromatic carbocycles. The van der Waals surface area contributed by atoms with Crippen LogP contribution in [0.15, 0.2) is 66.9 Å². The number of amides is 2. The number of ether oxygens (including phenoxy) is 1. The molecule has 1 heterocycles. The molecule has 222 valence electrons. The standard InChI is InChI=1S/C34H42N4O4/c1-4-42-32(40)38(3)27-16-10-23(11-17-27)18-31(39)37-30-19-28(24-8-6-5-7-9-24)29(20-36-30)25-12-14-26(15-13-25)34(35)21-33(2,41)22-34/h5-9,12-15,19-20,23,27,41H,4,10-11,16-18,21-22,35H2,1-3H3,(H,36,37,39)/t23-,27-,33-,34-. The maximum Gasteiger partial charge on any atom is 0.409 e. The summed E-state index contributed by atoms with van der Waals surface area (Å²) in [5, 5.41) is 13.2. The van der Waals surface area contributed by atoms with E-state index in [1.807, 2.05) is 68.6 Å². The topological polar surface area (TPSA) is 118 Å². The molecule has 2 fully saturated rings. The van der Waals surface area contributed by atoms with Crippen LogP contribution < -0.4 is 11.1 Å². The number of aliphatic hydroxyl groups is 1. The first-order chi connectivity index (χ1) is 20.1. The minimum absolute atomic E-state index is 0.0505. The summed E-state index contributed by atoms with van der Waals surface area (Å²) in [5.41, 5.74) is 10.3. The Labute approximate surface area is 248 Å². The molecule has 0 bridgehead atoms. The fraction of sp³-hybridized carbons (Fsp3) is 0.441. The molecule has 0 unspecified atom stereocenters. The first kappa shape index (κ1) is 29.7. The van der Waals surface area contributed by atoms with Crippen LogP contribution >= 0.6 is 0 Å². The number of carbonyl (C=O) groups is 2. The molecule has 0 aliphatic heterocycles. The van der Waals surface area contributed by atoms with Gasteiger partial charge in [0.2, 0.25) is 5.91 Å². The predicted molar refractivity (Wildman–Crippen MR) is 165 cm³/mol. The van der Waals surface area contributed by atoms with E-state index in [0.29, 0.717) is 31.7 Å². The van der Waals surface area contributed by atoms with E-state index in [4.69, 9.17) is 10.5 Å². The Morgan fingerprint density at radius 2 is 1.67 bits per heavy atom. The van der Waals surface area contributed by atoms with Crippen LogP contribution in [0.3, 0.4) is 0 Å². The zero-order valence-corrected chi connectivity index (χ0v) is 24.8. The molecule has 8 nitrogen and oxygen atoms in total. The summed E-state index contributed by atoms with van der Waals surface area (Å²) in [6.07, 6.45) is 6.54. The number of hydrogen-bond donors (Lipinski definition) is 3. The van der Waals surface area contributed by atoms with E-state index < -0.39 is 11.1 Å². The van der Waals surface area contributed by atoms with Crippen molar-refractivity contribution in [2.45, 2.75) is 76.0 Å². The summed E-state index contributed by atoms with van der Waals surface area (Å²) in [4.78, 5) is 31.4. The molecule has 0 spiro atoms. The zero-order chi connectivity index (χ0) is 29.9. The molecular weight excluding hydrogens is 528 g/mol. The summed E-state index contributed by atoms with van der Waals surface area (Å²) in [6, 6.07) is 20.3. The smallest absolute Gasteiger partial charge is 0.409 e. The van der Waals surface area contributed by atoms with Gasteiger partial charge in [0.1, 0.15) is 5.82 Å². The summed E-state index contributed by atoms with van der Waals surface area (Å²) in [6.45, 7) is 4.00. The van der Waals surface area contributed by atoms with Crippen molar-refractivity contribution in [1.29, 1.82) is 0 Å². The fourth-order valence-electron chi connectivity index (χ4n) is 6.67. The van der Waals surface area contributed by atoms with Crippen LogP contribution in [0.4, 0.5) is 10.6 Å². The van der Waals surface area contributed by atoms with Crippen molar-refractivity contribution >= 4 is 17.8 Å². The van der Waals surface area contributed by atoms with Gasteiger partial charge in [0.25, 0.3) is 0 Å². The summed E-state index contributed by atoms with van der Waals surface area (Å²) >= 11 is 0. The highest BCUT2D eigenvalue weighted by molar-refractivity contribution is 5.92. The predicted octanol–water partition coefficient (Wildman–Crippen LogP) is 6.09. The van der Waals surface area contributed by atoms with E-state index in [0.717, 1.165) is 53.5 Å². The number of rotatable bonds is 8. The van der Waals surface area contributed by atoms with Gasteiger partial charge in [0.05, 0.1) is 12.2 Å². The molecule has 0 atom stereocenters. The lowest BCUT2D eigenvalue weighted by atomic mass is 9.63. The van der Waals surface area contributed by atoms with Gasteiger partial charge in [-0.15, -0.1) is 0 Å². The third-order valence-corrected chi connectivity index (χ3v) is 8.81. The molecule has 2 amide bonds. The Bertz CT molecular complexity index is 1390. The molecule has 42 heavy (non-hydrogen) atoms. The van der Waals surface area contributed by atoms with Crippen LogP contribution in [0.25, 0.3) is 22.3 Å². The number of benzene rings is 2. The number of carbonyl (C=O) groups excluding carboxylic acids is 2. The number of nitrogens with one attached hydrogen (secondary N) is 1. The van der Waals surface area contributed by atoms with Crippen molar-refractivity contribution in [3.05, 3.63) is 72.4 Å². The number of pyridine rings is 1. The van der Waals surface area contributed by atoms with Crippen LogP contribution in [-0.2, 0) is 15.1 Å². The SMILES string of the molecule is CCOC(=O)N(C)[C@H]1CC[C@H](CC(=O)Nc2cc(-c3ccccc3)c(-c3ccc([C@]4(N)C[C@](C)(O)C4)cc3)cn2)CC1. The van der Waals surface area contributed by atoms with E-state index in [9.17, 15) is 14.7 Å². The number of aromatic nitrogens is 1. The van der Waals surface area contributed by atoms with Gasteiger partial charge in [-0.1, -0.05) is 54.6 Å². The van der Waals surface area contributed by atoms with Gasteiger partial charge < -0.3 is 25.8 Å². The molecule has 3 aromatic rings. The van der Waals surface area contributed by atoms with Gasteiger partial charge in [-0.2, -0.15) is 0 Å². The average molecular weight is 571 g/mol. The minimum Gasteiger partial charge on any atom is -0.450 e. The number of nitrogens with zero attached hydrogens (tertiary/aromatic N) is 2. The maximum absolute atomic E-state index is 13.0. The summed E-state index contributed by atoms with van der Waals surface area (Å²) < 4.78 is 5.13. The average Bonchev–Trinajstić information content (AvgIpc) is 2.97. The highest BCUT2D eigenvalue weighted by atomic mass is 16.6. The van der Waals surface area contributed by atoms with Gasteiger partial charge in [-0.25, -0.2) is 9.78 Å². The molecule has 8 heteroatoms. The van der Waals surface area contributed by atoms with Gasteiger partial charge in [-0.05, 0) is 86.6 Å². The molecule has 2 aliphatic carbocycles. The summed E-state index contributed by atoms with van der Waals surface area (Å²) in [7, 11) is 1.79. The minimum atomic E-state index is -0.710. The molecule has 2 aliphatic rings. The second kappa shape index (κ2) is 12.2. The summed E-state index contributed by atoms with van der Waals surface area (Å²) in [5.74, 6) is 0.742. The second-order valence-electron chi connectivity index (χ2n) is 12.3. The fourth-order valence-corrected chi connectivity index (χ4v) is 6.67. The van der Waals surface area contributed by atoms with Gasteiger partial charge >= 0.3 is 6.09 Å². The first-order valence-corrected chi connectivity index (χ1v) is 14.9. The highest BCUT2D eigenvalue weighted by Crippen LogP contribution is 2.46.